The van der Waals surface area contributed by atoms with E-state index in [1.807, 2.05) is 14.0 Å². The van der Waals surface area contributed by atoms with Crippen molar-refractivity contribution in [1.29, 1.82) is 0 Å². The summed E-state index contributed by atoms with van der Waals surface area (Å²) < 4.78 is 5.40. The van der Waals surface area contributed by atoms with Crippen molar-refractivity contribution in [3.05, 3.63) is 35.4 Å². The minimum Gasteiger partial charge on any atom is -0.377 e. The van der Waals surface area contributed by atoms with Crippen LogP contribution in [0.4, 0.5) is 0 Å². The van der Waals surface area contributed by atoms with Crippen LogP contribution in [0.1, 0.15) is 31.9 Å². The van der Waals surface area contributed by atoms with E-state index in [0.29, 0.717) is 6.61 Å². The second-order valence-corrected chi connectivity index (χ2v) is 4.21. The molecule has 0 fully saturated rings. The summed E-state index contributed by atoms with van der Waals surface area (Å²) >= 11 is 0. The number of benzene rings is 1. The first kappa shape index (κ1) is 12.2. The quantitative estimate of drug-likeness (QED) is 0.801. The van der Waals surface area contributed by atoms with Crippen molar-refractivity contribution in [2.45, 2.75) is 32.9 Å². The highest BCUT2D eigenvalue weighted by atomic mass is 16.5. The topological polar surface area (TPSA) is 21.3 Å². The summed E-state index contributed by atoms with van der Waals surface area (Å²) in [4.78, 5) is 0. The predicted octanol–water partition coefficient (Wildman–Crippen LogP) is 2.68. The Bertz CT molecular complexity index is 307. The van der Waals surface area contributed by atoms with Crippen LogP contribution in [-0.2, 0) is 16.9 Å². The number of rotatable bonds is 5. The molecule has 2 heteroatoms. The maximum absolute atomic E-state index is 5.40. The summed E-state index contributed by atoms with van der Waals surface area (Å²) in [5, 5.41) is 3.30. The molecule has 84 valence electrons. The Morgan fingerprint density at radius 2 is 2.07 bits per heavy atom. The van der Waals surface area contributed by atoms with Crippen LogP contribution in [0.2, 0.25) is 0 Å². The van der Waals surface area contributed by atoms with E-state index in [1.54, 1.807) is 0 Å². The van der Waals surface area contributed by atoms with Crippen LogP contribution < -0.4 is 5.32 Å². The molecule has 2 nitrogen and oxygen atoms in total. The molecule has 1 N–H and O–H groups in total. The van der Waals surface area contributed by atoms with Crippen LogP contribution in [0.3, 0.4) is 0 Å². The lowest BCUT2D eigenvalue weighted by atomic mass is 9.93. The molecule has 0 radical (unpaired) electrons. The molecule has 1 aromatic carbocycles. The van der Waals surface area contributed by atoms with Gasteiger partial charge >= 0.3 is 0 Å². The van der Waals surface area contributed by atoms with Crippen molar-refractivity contribution in [1.82, 2.24) is 5.32 Å². The zero-order valence-electron chi connectivity index (χ0n) is 10.1. The van der Waals surface area contributed by atoms with Gasteiger partial charge < -0.3 is 10.1 Å². The Hall–Kier alpha value is -0.860. The first-order valence-corrected chi connectivity index (χ1v) is 5.46. The summed E-state index contributed by atoms with van der Waals surface area (Å²) in [6.45, 7) is 7.82. The average Bonchev–Trinajstić information content (AvgIpc) is 2.27. The van der Waals surface area contributed by atoms with E-state index in [1.165, 1.54) is 11.1 Å². The molecule has 0 unspecified atom stereocenters. The second kappa shape index (κ2) is 5.29. The van der Waals surface area contributed by atoms with E-state index in [2.05, 4.69) is 43.4 Å². The first-order chi connectivity index (χ1) is 7.10. The van der Waals surface area contributed by atoms with Gasteiger partial charge in [0, 0.05) is 12.1 Å². The van der Waals surface area contributed by atoms with Crippen LogP contribution in [0.15, 0.2) is 24.3 Å². The molecular weight excluding hydrogens is 186 g/mol. The summed E-state index contributed by atoms with van der Waals surface area (Å²) in [6, 6.07) is 8.53. The Morgan fingerprint density at radius 3 is 2.67 bits per heavy atom. The molecule has 0 heterocycles. The minimum absolute atomic E-state index is 0.0161. The van der Waals surface area contributed by atoms with Crippen LogP contribution in [0, 0.1) is 0 Å². The number of hydrogen-bond donors (Lipinski definition) is 1. The molecular formula is C13H21NO. The van der Waals surface area contributed by atoms with E-state index in [-0.39, 0.29) is 5.54 Å². The van der Waals surface area contributed by atoms with Gasteiger partial charge in [-0.2, -0.15) is 0 Å². The second-order valence-electron chi connectivity index (χ2n) is 4.21. The maximum atomic E-state index is 5.40. The van der Waals surface area contributed by atoms with Gasteiger partial charge in [-0.1, -0.05) is 24.3 Å². The minimum atomic E-state index is 0.0161. The highest BCUT2D eigenvalue weighted by Crippen LogP contribution is 2.20. The van der Waals surface area contributed by atoms with Crippen molar-refractivity contribution in [3.8, 4) is 0 Å². The van der Waals surface area contributed by atoms with Gasteiger partial charge in [0.25, 0.3) is 0 Å². The molecule has 1 rings (SSSR count). The van der Waals surface area contributed by atoms with E-state index in [4.69, 9.17) is 4.74 Å². The SMILES string of the molecule is CCOCc1cccc(C(C)(C)NC)c1. The molecule has 0 bridgehead atoms. The summed E-state index contributed by atoms with van der Waals surface area (Å²) in [7, 11) is 1.98. The van der Waals surface area contributed by atoms with Crippen LogP contribution >= 0.6 is 0 Å². The average molecular weight is 207 g/mol. The predicted molar refractivity (Wildman–Crippen MR) is 63.9 cm³/mol. The smallest absolute Gasteiger partial charge is 0.0716 e. The largest absolute Gasteiger partial charge is 0.377 e. The fraction of sp³-hybridized carbons (Fsp3) is 0.538. The summed E-state index contributed by atoms with van der Waals surface area (Å²) in [6.07, 6.45) is 0. The van der Waals surface area contributed by atoms with E-state index >= 15 is 0 Å². The van der Waals surface area contributed by atoms with Crippen LogP contribution in [-0.4, -0.2) is 13.7 Å². The molecule has 0 aliphatic rings. The normalized spacial score (nSPS) is 11.7. The highest BCUT2D eigenvalue weighted by molar-refractivity contribution is 5.28. The Morgan fingerprint density at radius 1 is 1.33 bits per heavy atom. The molecule has 0 saturated heterocycles. The van der Waals surface area contributed by atoms with Gasteiger partial charge in [0.2, 0.25) is 0 Å². The third kappa shape index (κ3) is 3.33. The molecule has 0 aliphatic heterocycles. The van der Waals surface area contributed by atoms with Crippen molar-refractivity contribution < 1.29 is 4.74 Å². The fourth-order valence-corrected chi connectivity index (χ4v) is 1.41. The van der Waals surface area contributed by atoms with Gasteiger partial charge in [-0.25, -0.2) is 0 Å². The Labute approximate surface area is 92.6 Å². The van der Waals surface area contributed by atoms with Gasteiger partial charge in [-0.05, 0) is 38.9 Å². The van der Waals surface area contributed by atoms with Crippen molar-refractivity contribution in [3.63, 3.8) is 0 Å². The standard InChI is InChI=1S/C13H21NO/c1-5-15-10-11-7-6-8-12(9-11)13(2,3)14-4/h6-9,14H,5,10H2,1-4H3. The summed E-state index contributed by atoms with van der Waals surface area (Å²) in [5.41, 5.74) is 2.54. The number of nitrogens with one attached hydrogen (secondary N) is 1. The fourth-order valence-electron chi connectivity index (χ4n) is 1.41. The van der Waals surface area contributed by atoms with Gasteiger partial charge in [0.1, 0.15) is 0 Å². The third-order valence-electron chi connectivity index (χ3n) is 2.75. The molecule has 0 aromatic heterocycles. The number of ether oxygens (including phenoxy) is 1. The molecule has 15 heavy (non-hydrogen) atoms. The van der Waals surface area contributed by atoms with Crippen molar-refractivity contribution in [2.24, 2.45) is 0 Å². The zero-order valence-corrected chi connectivity index (χ0v) is 10.1. The first-order valence-electron chi connectivity index (χ1n) is 5.46. The van der Waals surface area contributed by atoms with Crippen LogP contribution in [0.5, 0.6) is 0 Å². The molecule has 1 aromatic rings. The molecule has 0 saturated carbocycles. The van der Waals surface area contributed by atoms with Gasteiger partial charge in [-0.15, -0.1) is 0 Å². The monoisotopic (exact) mass is 207 g/mol. The molecule has 0 spiro atoms. The Balaban J connectivity index is 2.82. The van der Waals surface area contributed by atoms with Gasteiger partial charge in [0.05, 0.1) is 6.61 Å². The molecule has 0 aliphatic carbocycles. The van der Waals surface area contributed by atoms with E-state index in [0.717, 1.165) is 6.61 Å². The van der Waals surface area contributed by atoms with Crippen molar-refractivity contribution in [2.75, 3.05) is 13.7 Å². The third-order valence-corrected chi connectivity index (χ3v) is 2.75. The van der Waals surface area contributed by atoms with E-state index in [9.17, 15) is 0 Å². The number of hydrogen-bond acceptors (Lipinski definition) is 2. The zero-order chi connectivity index (χ0) is 11.3. The Kier molecular flexibility index (Phi) is 4.30. The summed E-state index contributed by atoms with van der Waals surface area (Å²) in [5.74, 6) is 0. The van der Waals surface area contributed by atoms with Crippen LogP contribution in [0.25, 0.3) is 0 Å². The molecule has 0 amide bonds. The van der Waals surface area contributed by atoms with Crippen molar-refractivity contribution >= 4 is 0 Å². The lowest BCUT2D eigenvalue weighted by Gasteiger charge is -2.25. The maximum Gasteiger partial charge on any atom is 0.0716 e. The lowest BCUT2D eigenvalue weighted by molar-refractivity contribution is 0.134. The van der Waals surface area contributed by atoms with Gasteiger partial charge in [0.15, 0.2) is 0 Å². The molecule has 0 atom stereocenters. The lowest BCUT2D eigenvalue weighted by Crippen LogP contribution is -2.33. The highest BCUT2D eigenvalue weighted by Gasteiger charge is 2.17. The van der Waals surface area contributed by atoms with Gasteiger partial charge in [-0.3, -0.25) is 0 Å². The van der Waals surface area contributed by atoms with E-state index < -0.39 is 0 Å².